The van der Waals surface area contributed by atoms with Crippen LogP contribution in [0.1, 0.15) is 48.9 Å². The van der Waals surface area contributed by atoms with E-state index in [0.29, 0.717) is 35.7 Å². The number of aromatic nitrogens is 2. The van der Waals surface area contributed by atoms with E-state index in [1.54, 1.807) is 11.3 Å². The number of hydrogen-bond donors (Lipinski definition) is 2. The summed E-state index contributed by atoms with van der Waals surface area (Å²) in [7, 11) is 0. The SMILES string of the molecule is CC(C)Oc1ccc(-c2nnc(-c3cccc4c3C3CC3C4NCCO)s2)cc1C#N. The van der Waals surface area contributed by atoms with Crippen molar-refractivity contribution in [3.8, 4) is 33.0 Å². The van der Waals surface area contributed by atoms with Crippen LogP contribution in [0.25, 0.3) is 21.1 Å². The number of ether oxygens (including phenoxy) is 1. The fourth-order valence-electron chi connectivity index (χ4n) is 4.64. The number of aliphatic hydroxyl groups excluding tert-OH is 1. The monoisotopic (exact) mass is 432 g/mol. The predicted molar refractivity (Wildman–Crippen MR) is 120 cm³/mol. The lowest BCUT2D eigenvalue weighted by molar-refractivity contribution is 0.242. The minimum atomic E-state index is 0.00759. The number of hydrogen-bond acceptors (Lipinski definition) is 7. The van der Waals surface area contributed by atoms with Crippen LogP contribution in [-0.4, -0.2) is 34.6 Å². The second-order valence-electron chi connectivity index (χ2n) is 8.37. The Morgan fingerprint density at radius 2 is 2.10 bits per heavy atom. The number of nitrogens with zero attached hydrogens (tertiary/aromatic N) is 3. The summed E-state index contributed by atoms with van der Waals surface area (Å²) >= 11 is 1.55. The summed E-state index contributed by atoms with van der Waals surface area (Å²) < 4.78 is 5.73. The van der Waals surface area contributed by atoms with Crippen LogP contribution in [0.4, 0.5) is 0 Å². The van der Waals surface area contributed by atoms with E-state index >= 15 is 0 Å². The van der Waals surface area contributed by atoms with Crippen molar-refractivity contribution < 1.29 is 9.84 Å². The number of fused-ring (bicyclic) bond motifs is 3. The Hall–Kier alpha value is -2.79. The number of benzene rings is 2. The van der Waals surface area contributed by atoms with Gasteiger partial charge < -0.3 is 15.2 Å². The van der Waals surface area contributed by atoms with Crippen molar-refractivity contribution in [3.05, 3.63) is 53.1 Å². The molecular weight excluding hydrogens is 408 g/mol. The Morgan fingerprint density at radius 1 is 1.26 bits per heavy atom. The van der Waals surface area contributed by atoms with E-state index in [1.165, 1.54) is 17.5 Å². The molecule has 2 aliphatic rings. The Kier molecular flexibility index (Phi) is 5.22. The topological polar surface area (TPSA) is 91.1 Å². The quantitative estimate of drug-likeness (QED) is 0.579. The largest absolute Gasteiger partial charge is 0.490 e. The normalized spacial score (nSPS) is 20.9. The predicted octanol–water partition coefficient (Wildman–Crippen LogP) is 4.27. The maximum absolute atomic E-state index is 9.53. The van der Waals surface area contributed by atoms with E-state index in [1.807, 2.05) is 32.0 Å². The summed E-state index contributed by atoms with van der Waals surface area (Å²) in [5, 5.41) is 32.9. The lowest BCUT2D eigenvalue weighted by Crippen LogP contribution is -2.24. The van der Waals surface area contributed by atoms with Crippen LogP contribution in [0.15, 0.2) is 36.4 Å². The number of rotatable bonds is 7. The van der Waals surface area contributed by atoms with Gasteiger partial charge in [-0.1, -0.05) is 29.5 Å². The maximum Gasteiger partial charge on any atom is 0.148 e. The highest BCUT2D eigenvalue weighted by Gasteiger charge is 2.52. The molecule has 6 nitrogen and oxygen atoms in total. The molecule has 0 aliphatic heterocycles. The number of nitriles is 1. The number of aliphatic hydroxyl groups is 1. The lowest BCUT2D eigenvalue weighted by Gasteiger charge is -2.17. The summed E-state index contributed by atoms with van der Waals surface area (Å²) in [6.45, 7) is 4.64. The molecule has 31 heavy (non-hydrogen) atoms. The molecule has 3 aromatic rings. The first-order valence-corrected chi connectivity index (χ1v) is 11.4. The van der Waals surface area contributed by atoms with Gasteiger partial charge in [0, 0.05) is 23.7 Å². The van der Waals surface area contributed by atoms with Crippen LogP contribution in [0.5, 0.6) is 5.75 Å². The molecule has 3 unspecified atom stereocenters. The minimum absolute atomic E-state index is 0.00759. The summed E-state index contributed by atoms with van der Waals surface area (Å²) in [5.74, 6) is 1.77. The molecule has 3 atom stereocenters. The molecule has 5 rings (SSSR count). The van der Waals surface area contributed by atoms with Crippen LogP contribution in [0.3, 0.4) is 0 Å². The maximum atomic E-state index is 9.53. The second kappa shape index (κ2) is 8.04. The third kappa shape index (κ3) is 3.61. The highest BCUT2D eigenvalue weighted by molar-refractivity contribution is 7.17. The van der Waals surface area contributed by atoms with Crippen molar-refractivity contribution >= 4 is 11.3 Å². The van der Waals surface area contributed by atoms with Gasteiger partial charge in [0.15, 0.2) is 0 Å². The van der Waals surface area contributed by atoms with Crippen LogP contribution >= 0.6 is 11.3 Å². The molecule has 2 aromatic carbocycles. The van der Waals surface area contributed by atoms with Crippen molar-refractivity contribution in [2.75, 3.05) is 13.2 Å². The van der Waals surface area contributed by atoms with Gasteiger partial charge in [0.25, 0.3) is 0 Å². The average Bonchev–Trinajstić information content (AvgIpc) is 3.27. The van der Waals surface area contributed by atoms with E-state index in [-0.39, 0.29) is 12.7 Å². The van der Waals surface area contributed by atoms with Crippen molar-refractivity contribution in [2.24, 2.45) is 5.92 Å². The molecule has 0 spiro atoms. The van der Waals surface area contributed by atoms with Gasteiger partial charge in [-0.2, -0.15) is 5.26 Å². The molecule has 2 aliphatic carbocycles. The zero-order chi connectivity index (χ0) is 21.5. The molecular formula is C24H24N4O2S. The Balaban J connectivity index is 1.47. The number of nitrogens with one attached hydrogen (secondary N) is 1. The molecule has 7 heteroatoms. The molecule has 158 valence electrons. The fraction of sp³-hybridized carbons (Fsp3) is 0.375. The molecule has 0 radical (unpaired) electrons. The minimum Gasteiger partial charge on any atom is -0.490 e. The smallest absolute Gasteiger partial charge is 0.148 e. The van der Waals surface area contributed by atoms with Gasteiger partial charge >= 0.3 is 0 Å². The molecule has 0 saturated heterocycles. The highest BCUT2D eigenvalue weighted by atomic mass is 32.1. The van der Waals surface area contributed by atoms with Crippen LogP contribution in [-0.2, 0) is 0 Å². The van der Waals surface area contributed by atoms with E-state index in [9.17, 15) is 10.4 Å². The van der Waals surface area contributed by atoms with Crippen molar-refractivity contribution in [1.29, 1.82) is 5.26 Å². The van der Waals surface area contributed by atoms with E-state index in [0.717, 1.165) is 21.1 Å². The summed E-state index contributed by atoms with van der Waals surface area (Å²) in [4.78, 5) is 0. The summed E-state index contributed by atoms with van der Waals surface area (Å²) in [5.41, 5.74) is 5.23. The van der Waals surface area contributed by atoms with E-state index in [2.05, 4.69) is 39.8 Å². The highest BCUT2D eigenvalue weighted by Crippen LogP contribution is 2.63. The van der Waals surface area contributed by atoms with Gasteiger partial charge in [-0.3, -0.25) is 0 Å². The van der Waals surface area contributed by atoms with Gasteiger partial charge in [-0.25, -0.2) is 0 Å². The van der Waals surface area contributed by atoms with Crippen LogP contribution < -0.4 is 10.1 Å². The molecule has 1 fully saturated rings. The zero-order valence-electron chi connectivity index (χ0n) is 17.5. The van der Waals surface area contributed by atoms with Gasteiger partial charge in [0.1, 0.15) is 21.8 Å². The van der Waals surface area contributed by atoms with Crippen LogP contribution in [0, 0.1) is 17.2 Å². The Bertz CT molecular complexity index is 1170. The summed E-state index contributed by atoms with van der Waals surface area (Å²) in [6.07, 6.45) is 1.19. The van der Waals surface area contributed by atoms with E-state index < -0.39 is 0 Å². The van der Waals surface area contributed by atoms with Gasteiger partial charge in [-0.05, 0) is 61.4 Å². The lowest BCUT2D eigenvalue weighted by atomic mass is 9.98. The molecule has 1 saturated carbocycles. The Morgan fingerprint density at radius 3 is 2.87 bits per heavy atom. The fourth-order valence-corrected chi connectivity index (χ4v) is 5.52. The molecule has 0 amide bonds. The average molecular weight is 433 g/mol. The third-order valence-corrected chi connectivity index (χ3v) is 6.96. The Labute approximate surface area is 185 Å². The molecule has 0 bridgehead atoms. The molecule has 1 aromatic heterocycles. The first kappa shape index (κ1) is 20.1. The van der Waals surface area contributed by atoms with E-state index in [4.69, 9.17) is 4.74 Å². The third-order valence-electron chi connectivity index (χ3n) is 5.95. The standard InChI is InChI=1S/C24H24N4O2S/c1-13(2)30-20-7-6-14(10-15(20)12-25)23-27-28-24(31-23)17-5-3-4-16-21(17)18-11-19(18)22(16)26-8-9-29/h3-7,10,13,18-19,22,26,29H,8-9,11H2,1-2H3. The second-order valence-corrected chi connectivity index (χ2v) is 9.35. The van der Waals surface area contributed by atoms with Gasteiger partial charge in [0.05, 0.1) is 18.3 Å². The van der Waals surface area contributed by atoms with Crippen molar-refractivity contribution in [3.63, 3.8) is 0 Å². The van der Waals surface area contributed by atoms with Crippen LogP contribution in [0.2, 0.25) is 0 Å². The van der Waals surface area contributed by atoms with Gasteiger partial charge in [0.2, 0.25) is 0 Å². The van der Waals surface area contributed by atoms with Crippen molar-refractivity contribution in [2.45, 2.75) is 38.3 Å². The first-order chi connectivity index (χ1) is 15.1. The van der Waals surface area contributed by atoms with Crippen molar-refractivity contribution in [1.82, 2.24) is 15.5 Å². The van der Waals surface area contributed by atoms with Gasteiger partial charge in [-0.15, -0.1) is 10.2 Å². The molecule has 2 N–H and O–H groups in total. The molecule has 1 heterocycles. The first-order valence-electron chi connectivity index (χ1n) is 10.6. The summed E-state index contributed by atoms with van der Waals surface area (Å²) in [6, 6.07) is 14.5. The zero-order valence-corrected chi connectivity index (χ0v) is 18.3.